The Labute approximate surface area is 67.8 Å². The molecule has 0 bridgehead atoms. The fourth-order valence-electron chi connectivity index (χ4n) is 1.09. The summed E-state index contributed by atoms with van der Waals surface area (Å²) in [6.45, 7) is 8.02. The molecule has 0 heterocycles. The highest BCUT2D eigenvalue weighted by molar-refractivity contribution is 6.19. The third kappa shape index (κ3) is 2.86. The highest BCUT2D eigenvalue weighted by Crippen LogP contribution is 2.10. The molecule has 0 saturated carbocycles. The first-order valence-electron chi connectivity index (χ1n) is 3.56. The summed E-state index contributed by atoms with van der Waals surface area (Å²) in [6, 6.07) is 0.569. The fraction of sp³-hybridized carbons (Fsp3) is 1.00. The Morgan fingerprint density at radius 3 is 1.40 bits per heavy atom. The molecule has 0 amide bonds. The van der Waals surface area contributed by atoms with Crippen molar-refractivity contribution >= 4 is 11.6 Å². The van der Waals surface area contributed by atoms with Crippen LogP contribution in [0.5, 0.6) is 0 Å². The van der Waals surface area contributed by atoms with Gasteiger partial charge in [-0.3, -0.25) is 4.90 Å². The zero-order valence-corrected chi connectivity index (χ0v) is 7.76. The van der Waals surface area contributed by atoms with E-state index in [1.807, 2.05) is 32.6 Å². The van der Waals surface area contributed by atoms with Crippen LogP contribution in [-0.2, 0) is 0 Å². The van der Waals surface area contributed by atoms with Crippen LogP contribution < -0.4 is 0 Å². The molecule has 1 unspecified atom stereocenters. The van der Waals surface area contributed by atoms with Gasteiger partial charge in [0.15, 0.2) is 5.69 Å². The van der Waals surface area contributed by atoms with E-state index in [-0.39, 0.29) is 12.1 Å². The van der Waals surface area contributed by atoms with Crippen molar-refractivity contribution in [3.63, 3.8) is 0 Å². The van der Waals surface area contributed by atoms with Crippen LogP contribution in [0.1, 0.15) is 27.7 Å². The number of aliphatic hydroxyl groups is 1. The number of rotatable bonds is 3. The molecule has 0 aromatic rings. The van der Waals surface area contributed by atoms with Gasteiger partial charge in [-0.1, -0.05) is 11.6 Å². The van der Waals surface area contributed by atoms with Crippen LogP contribution in [0, 0.1) is 0 Å². The molecule has 0 aliphatic heterocycles. The van der Waals surface area contributed by atoms with Gasteiger partial charge in [0.05, 0.1) is 0 Å². The Morgan fingerprint density at radius 1 is 1.10 bits per heavy atom. The highest BCUT2D eigenvalue weighted by atomic mass is 35.5. The molecule has 3 heteroatoms. The van der Waals surface area contributed by atoms with Crippen molar-refractivity contribution in [1.82, 2.24) is 4.90 Å². The van der Waals surface area contributed by atoms with E-state index in [1.54, 1.807) is 0 Å². The molecule has 0 aliphatic carbocycles. The van der Waals surface area contributed by atoms with E-state index >= 15 is 0 Å². The van der Waals surface area contributed by atoms with Gasteiger partial charge in [-0.05, 0) is 27.7 Å². The fourth-order valence-corrected chi connectivity index (χ4v) is 1.54. The van der Waals surface area contributed by atoms with E-state index in [1.165, 1.54) is 0 Å². The van der Waals surface area contributed by atoms with Crippen molar-refractivity contribution < 1.29 is 5.11 Å². The van der Waals surface area contributed by atoms with Crippen LogP contribution in [0.4, 0.5) is 0 Å². The molecule has 0 radical (unpaired) electrons. The van der Waals surface area contributed by atoms with Crippen molar-refractivity contribution in [2.75, 3.05) is 0 Å². The predicted octanol–water partition coefficient (Wildman–Crippen LogP) is 1.62. The first-order chi connectivity index (χ1) is 4.46. The lowest BCUT2D eigenvalue weighted by atomic mass is 10.2. The van der Waals surface area contributed by atoms with Gasteiger partial charge < -0.3 is 5.11 Å². The molecule has 0 spiro atoms. The van der Waals surface area contributed by atoms with Gasteiger partial charge in [0.2, 0.25) is 0 Å². The largest absolute Gasteiger partial charge is 0.365 e. The smallest absolute Gasteiger partial charge is 0.185 e. The first-order valence-corrected chi connectivity index (χ1v) is 4.00. The Balaban J connectivity index is 3.98. The molecule has 0 rings (SSSR count). The van der Waals surface area contributed by atoms with Crippen molar-refractivity contribution in [2.45, 2.75) is 45.5 Å². The Hall–Kier alpha value is 0.210. The summed E-state index contributed by atoms with van der Waals surface area (Å²) in [5.41, 5.74) is -0.861. The van der Waals surface area contributed by atoms with Crippen molar-refractivity contribution in [3.05, 3.63) is 0 Å². The van der Waals surface area contributed by atoms with Gasteiger partial charge >= 0.3 is 0 Å². The Morgan fingerprint density at radius 2 is 1.40 bits per heavy atom. The second kappa shape index (κ2) is 4.16. The van der Waals surface area contributed by atoms with E-state index in [4.69, 9.17) is 16.7 Å². The summed E-state index contributed by atoms with van der Waals surface area (Å²) in [5.74, 6) is 0. The summed E-state index contributed by atoms with van der Waals surface area (Å²) >= 11 is 5.52. The van der Waals surface area contributed by atoms with Crippen molar-refractivity contribution in [1.29, 1.82) is 0 Å². The van der Waals surface area contributed by atoms with Gasteiger partial charge in [0.25, 0.3) is 0 Å². The first kappa shape index (κ1) is 10.2. The normalized spacial score (nSPS) is 15.3. The highest BCUT2D eigenvalue weighted by Gasteiger charge is 2.18. The van der Waals surface area contributed by atoms with Gasteiger partial charge in [-0.25, -0.2) is 0 Å². The van der Waals surface area contributed by atoms with Gasteiger partial charge in [-0.2, -0.15) is 0 Å². The summed E-state index contributed by atoms with van der Waals surface area (Å²) < 4.78 is 0. The lowest BCUT2D eigenvalue weighted by Gasteiger charge is -2.31. The van der Waals surface area contributed by atoms with Gasteiger partial charge in [0, 0.05) is 12.1 Å². The molecule has 0 aromatic carbocycles. The van der Waals surface area contributed by atoms with Gasteiger partial charge in [0.1, 0.15) is 0 Å². The number of alkyl halides is 1. The number of hydrogen-bond donors (Lipinski definition) is 1. The second-order valence-corrected chi connectivity index (χ2v) is 3.34. The molecular formula is C7H16ClNO. The quantitative estimate of drug-likeness (QED) is 0.390. The average Bonchev–Trinajstić information content (AvgIpc) is 1.59. The molecular weight excluding hydrogens is 150 g/mol. The van der Waals surface area contributed by atoms with Crippen molar-refractivity contribution in [3.8, 4) is 0 Å². The number of halogens is 1. The molecule has 0 saturated heterocycles. The molecule has 2 nitrogen and oxygen atoms in total. The molecule has 0 aliphatic rings. The maximum absolute atomic E-state index is 9.04. The maximum atomic E-state index is 9.04. The van der Waals surface area contributed by atoms with Crippen LogP contribution >= 0.6 is 11.6 Å². The minimum Gasteiger partial charge on any atom is -0.365 e. The molecule has 10 heavy (non-hydrogen) atoms. The zero-order valence-electron chi connectivity index (χ0n) is 7.00. The Bertz CT molecular complexity index is 74.6. The minimum absolute atomic E-state index is 0.285. The summed E-state index contributed by atoms with van der Waals surface area (Å²) in [4.78, 5) is 1.82. The Kier molecular flexibility index (Phi) is 4.25. The molecule has 0 fully saturated rings. The molecule has 1 N–H and O–H groups in total. The van der Waals surface area contributed by atoms with Crippen LogP contribution in [0.2, 0.25) is 0 Å². The standard InChI is InChI=1S/C7H16ClNO/c1-5(2)9(6(3)4)7(8)10/h5-7,10H,1-4H3. The molecule has 0 aromatic heterocycles. The topological polar surface area (TPSA) is 23.5 Å². The zero-order chi connectivity index (χ0) is 8.31. The van der Waals surface area contributed by atoms with E-state index in [9.17, 15) is 0 Å². The van der Waals surface area contributed by atoms with E-state index in [2.05, 4.69) is 0 Å². The summed E-state index contributed by atoms with van der Waals surface area (Å²) in [6.07, 6.45) is 0. The van der Waals surface area contributed by atoms with Crippen LogP contribution in [0.3, 0.4) is 0 Å². The van der Waals surface area contributed by atoms with Crippen LogP contribution in [0.25, 0.3) is 0 Å². The SMILES string of the molecule is CC(C)N(C(C)C)C(O)Cl. The second-order valence-electron chi connectivity index (χ2n) is 2.95. The van der Waals surface area contributed by atoms with Crippen LogP contribution in [0.15, 0.2) is 0 Å². The predicted molar refractivity (Wildman–Crippen MR) is 44.0 cm³/mol. The lowest BCUT2D eigenvalue weighted by molar-refractivity contribution is 0.0205. The van der Waals surface area contributed by atoms with Crippen LogP contribution in [-0.4, -0.2) is 27.8 Å². The minimum atomic E-state index is -0.861. The van der Waals surface area contributed by atoms with Gasteiger partial charge in [-0.15, -0.1) is 0 Å². The average molecular weight is 166 g/mol. The molecule has 1 atom stereocenters. The third-order valence-corrected chi connectivity index (χ3v) is 1.66. The van der Waals surface area contributed by atoms with Crippen molar-refractivity contribution in [2.24, 2.45) is 0 Å². The summed E-state index contributed by atoms with van der Waals surface area (Å²) in [7, 11) is 0. The van der Waals surface area contributed by atoms with E-state index < -0.39 is 5.69 Å². The summed E-state index contributed by atoms with van der Waals surface area (Å²) in [5, 5.41) is 9.04. The maximum Gasteiger partial charge on any atom is 0.185 e. The number of aliphatic hydroxyl groups excluding tert-OH is 1. The third-order valence-electron chi connectivity index (χ3n) is 1.44. The number of nitrogens with zero attached hydrogens (tertiary/aromatic N) is 1. The monoisotopic (exact) mass is 165 g/mol. The molecule has 62 valence electrons. The number of hydrogen-bond acceptors (Lipinski definition) is 2. The lowest BCUT2D eigenvalue weighted by Crippen LogP contribution is -2.42. The van der Waals surface area contributed by atoms with E-state index in [0.29, 0.717) is 0 Å². The van der Waals surface area contributed by atoms with E-state index in [0.717, 1.165) is 0 Å².